The zero-order chi connectivity index (χ0) is 38.8. The topological polar surface area (TPSA) is 233 Å². The Balaban J connectivity index is 1.24. The van der Waals surface area contributed by atoms with Gasteiger partial charge in [-0.15, -0.1) is 0 Å². The summed E-state index contributed by atoms with van der Waals surface area (Å²) in [6, 6.07) is 8.52. The molecule has 0 spiro atoms. The number of aryl methyl sites for hydroxylation is 4. The number of anilines is 2. The lowest BCUT2D eigenvalue weighted by Crippen LogP contribution is -2.20. The molecule has 18 heteroatoms. The Hall–Kier alpha value is -6.40. The summed E-state index contributed by atoms with van der Waals surface area (Å²) >= 11 is 0. The van der Waals surface area contributed by atoms with Gasteiger partial charge in [0, 0.05) is 44.5 Å². The molecule has 286 valence electrons. The van der Waals surface area contributed by atoms with Gasteiger partial charge in [0.05, 0.1) is 23.5 Å². The molecule has 55 heavy (non-hydrogen) atoms. The van der Waals surface area contributed by atoms with Crippen molar-refractivity contribution in [1.82, 2.24) is 49.1 Å². The Morgan fingerprint density at radius 1 is 0.855 bits per heavy atom. The number of nitrogens with zero attached hydrogens (tertiary/aromatic N) is 9. The number of ether oxygens (including phenoxy) is 1. The molecule has 7 rings (SSSR count). The minimum absolute atomic E-state index is 0.243. The number of carbonyl (C=O) groups excluding carboxylic acids is 3. The van der Waals surface area contributed by atoms with E-state index in [4.69, 9.17) is 26.3 Å². The molecule has 6 aromatic rings. The standard InChI is InChI=1S/C37H44N14O4/c1-5-50-28(13-21(3)46-50)34(53)44-36-42-26-16-25(32(38)52)17-30(55-20-23-9-10-23)31(26)48(36)11-7-8-12-49-33-27(15-24(18-40-33)19-41-39)43-37(49)45-35(54)29-14-22(4)47-51(29)6-2/h7-8,13-18,23,41H,5-6,9-12,19-20,39H2,1-4H3,(H2,38,52)(H,42,44,53)(H,43,45,54)/b8-7+. The lowest BCUT2D eigenvalue weighted by atomic mass is 10.1. The van der Waals surface area contributed by atoms with E-state index in [2.05, 4.69) is 31.2 Å². The Morgan fingerprint density at radius 2 is 1.45 bits per heavy atom. The number of allylic oxidation sites excluding steroid dienone is 2. The van der Waals surface area contributed by atoms with Crippen LogP contribution < -0.4 is 32.4 Å². The fourth-order valence-electron chi connectivity index (χ4n) is 6.41. The summed E-state index contributed by atoms with van der Waals surface area (Å²) in [5, 5.41) is 14.7. The van der Waals surface area contributed by atoms with Crippen molar-refractivity contribution in [3.05, 3.63) is 82.6 Å². The minimum Gasteiger partial charge on any atom is -0.491 e. The lowest BCUT2D eigenvalue weighted by Gasteiger charge is -2.13. The number of fused-ring (bicyclic) bond motifs is 2. The van der Waals surface area contributed by atoms with Crippen LogP contribution in [0.3, 0.4) is 0 Å². The highest BCUT2D eigenvalue weighted by Crippen LogP contribution is 2.34. The largest absolute Gasteiger partial charge is 0.491 e. The fourth-order valence-corrected chi connectivity index (χ4v) is 6.41. The van der Waals surface area contributed by atoms with Crippen LogP contribution in [0.5, 0.6) is 5.75 Å². The average Bonchev–Trinajstić information content (AvgIpc) is 3.45. The minimum atomic E-state index is -0.620. The molecule has 0 unspecified atom stereocenters. The van der Waals surface area contributed by atoms with Crippen LogP contribution >= 0.6 is 0 Å². The number of pyridine rings is 1. The molecule has 1 fully saturated rings. The van der Waals surface area contributed by atoms with Crippen molar-refractivity contribution < 1.29 is 19.1 Å². The van der Waals surface area contributed by atoms with Crippen molar-refractivity contribution >= 4 is 51.8 Å². The summed E-state index contributed by atoms with van der Waals surface area (Å²) in [6.45, 7) is 9.90. The monoisotopic (exact) mass is 748 g/mol. The highest BCUT2D eigenvalue weighted by Gasteiger charge is 2.25. The number of nitrogens with one attached hydrogen (secondary N) is 3. The van der Waals surface area contributed by atoms with Crippen LogP contribution in [0.2, 0.25) is 0 Å². The Labute approximate surface area is 315 Å². The molecule has 0 bridgehead atoms. The number of hydrogen-bond donors (Lipinski definition) is 5. The van der Waals surface area contributed by atoms with Crippen LogP contribution in [0.15, 0.2) is 48.7 Å². The van der Waals surface area contributed by atoms with Gasteiger partial charge in [-0.3, -0.25) is 50.2 Å². The van der Waals surface area contributed by atoms with Crippen LogP contribution in [-0.2, 0) is 32.7 Å². The third kappa shape index (κ3) is 7.81. The van der Waals surface area contributed by atoms with Crippen molar-refractivity contribution in [3.8, 4) is 5.75 Å². The van der Waals surface area contributed by atoms with Crippen LogP contribution in [0.1, 0.15) is 75.0 Å². The molecule has 0 radical (unpaired) electrons. The van der Waals surface area contributed by atoms with Crippen LogP contribution in [-0.4, -0.2) is 68.0 Å². The molecule has 0 saturated heterocycles. The predicted octanol–water partition coefficient (Wildman–Crippen LogP) is 3.44. The molecule has 1 aliphatic rings. The first-order valence-corrected chi connectivity index (χ1v) is 18.2. The van der Waals surface area contributed by atoms with Crippen molar-refractivity contribution in [1.29, 1.82) is 0 Å². The molecule has 5 heterocycles. The summed E-state index contributed by atoms with van der Waals surface area (Å²) in [4.78, 5) is 53.6. The molecular formula is C37H44N14O4. The van der Waals surface area contributed by atoms with E-state index in [1.165, 1.54) is 0 Å². The zero-order valence-electron chi connectivity index (χ0n) is 31.2. The van der Waals surface area contributed by atoms with E-state index in [0.717, 1.165) is 24.1 Å². The fraction of sp³-hybridized carbons (Fsp3) is 0.351. The van der Waals surface area contributed by atoms with Gasteiger partial charge in [-0.2, -0.15) is 10.2 Å². The van der Waals surface area contributed by atoms with Crippen molar-refractivity contribution in [2.45, 2.75) is 73.3 Å². The molecule has 5 aromatic heterocycles. The van der Waals surface area contributed by atoms with Gasteiger partial charge < -0.3 is 15.0 Å². The van der Waals surface area contributed by atoms with Gasteiger partial charge in [0.1, 0.15) is 28.2 Å². The maximum Gasteiger partial charge on any atom is 0.276 e. The number of aromatic nitrogens is 9. The number of hydrazine groups is 1. The number of nitrogens with two attached hydrogens (primary N) is 2. The maximum atomic E-state index is 13.6. The number of benzene rings is 1. The predicted molar refractivity (Wildman–Crippen MR) is 205 cm³/mol. The van der Waals surface area contributed by atoms with Gasteiger partial charge in [0.25, 0.3) is 11.8 Å². The molecule has 18 nitrogen and oxygen atoms in total. The maximum absolute atomic E-state index is 13.6. The highest BCUT2D eigenvalue weighted by molar-refractivity contribution is 6.04. The summed E-state index contributed by atoms with van der Waals surface area (Å²) in [7, 11) is 0. The van der Waals surface area contributed by atoms with Crippen molar-refractivity contribution in [3.63, 3.8) is 0 Å². The third-order valence-electron chi connectivity index (χ3n) is 9.27. The van der Waals surface area contributed by atoms with E-state index in [9.17, 15) is 14.4 Å². The van der Waals surface area contributed by atoms with E-state index in [1.54, 1.807) is 44.4 Å². The van der Waals surface area contributed by atoms with Gasteiger partial charge >= 0.3 is 0 Å². The molecule has 1 saturated carbocycles. The first-order valence-electron chi connectivity index (χ1n) is 18.2. The van der Waals surface area contributed by atoms with E-state index < -0.39 is 11.8 Å². The van der Waals surface area contributed by atoms with E-state index in [1.807, 2.05) is 50.5 Å². The van der Waals surface area contributed by atoms with Gasteiger partial charge in [-0.25, -0.2) is 15.0 Å². The first-order chi connectivity index (χ1) is 26.6. The molecular weight excluding hydrogens is 705 g/mol. The highest BCUT2D eigenvalue weighted by atomic mass is 16.5. The Morgan fingerprint density at radius 3 is 2.04 bits per heavy atom. The molecule has 1 aliphatic carbocycles. The van der Waals surface area contributed by atoms with Gasteiger partial charge in [0.15, 0.2) is 5.65 Å². The van der Waals surface area contributed by atoms with Crippen molar-refractivity contribution in [2.24, 2.45) is 17.5 Å². The van der Waals surface area contributed by atoms with Gasteiger partial charge in [0.2, 0.25) is 17.8 Å². The molecule has 0 aliphatic heterocycles. The number of amides is 3. The summed E-state index contributed by atoms with van der Waals surface area (Å²) in [6.07, 6.45) is 7.65. The van der Waals surface area contributed by atoms with Crippen LogP contribution in [0.25, 0.3) is 22.2 Å². The number of imidazole rings is 2. The molecule has 1 aromatic carbocycles. The number of carbonyl (C=O) groups is 3. The van der Waals surface area contributed by atoms with Crippen molar-refractivity contribution in [2.75, 3.05) is 17.2 Å². The SMILES string of the molecule is CCn1nc(C)cc1C(=O)Nc1nc2cc(CNN)cnc2n1C/C=C/Cn1c(NC(=O)c2cc(C)nn2CC)nc2cc(C(N)=O)cc(OCC3CC3)c21. The number of rotatable bonds is 16. The molecule has 7 N–H and O–H groups in total. The van der Waals surface area contributed by atoms with Crippen LogP contribution in [0, 0.1) is 19.8 Å². The van der Waals surface area contributed by atoms with Gasteiger partial charge in [-0.1, -0.05) is 12.2 Å². The van der Waals surface area contributed by atoms with Gasteiger partial charge in [-0.05, 0) is 82.3 Å². The Bertz CT molecular complexity index is 2450. The molecule has 3 amide bonds. The summed E-state index contributed by atoms with van der Waals surface area (Å²) < 4.78 is 13.2. The summed E-state index contributed by atoms with van der Waals surface area (Å²) in [5.74, 6) is 5.61. The first kappa shape index (κ1) is 36.9. The smallest absolute Gasteiger partial charge is 0.276 e. The lowest BCUT2D eigenvalue weighted by molar-refractivity contribution is 0.0994. The zero-order valence-corrected chi connectivity index (χ0v) is 31.2. The molecule has 0 atom stereocenters. The second-order valence-electron chi connectivity index (χ2n) is 13.5. The second-order valence-corrected chi connectivity index (χ2v) is 13.5. The number of primary amides is 1. The van der Waals surface area contributed by atoms with E-state index in [-0.39, 0.29) is 30.5 Å². The second kappa shape index (κ2) is 15.5. The summed E-state index contributed by atoms with van der Waals surface area (Å²) in [5.41, 5.74) is 13.8. The normalized spacial score (nSPS) is 13.0. The van der Waals surface area contributed by atoms with E-state index >= 15 is 0 Å². The quantitative estimate of drug-likeness (QED) is 0.0547. The van der Waals surface area contributed by atoms with E-state index in [0.29, 0.717) is 83.1 Å². The number of hydrogen-bond acceptors (Lipinski definition) is 11. The average molecular weight is 749 g/mol. The Kier molecular flexibility index (Phi) is 10.4. The third-order valence-corrected chi connectivity index (χ3v) is 9.27. The van der Waals surface area contributed by atoms with Crippen LogP contribution in [0.4, 0.5) is 11.9 Å².